The van der Waals surface area contributed by atoms with Crippen LogP contribution >= 0.6 is 0 Å². The Balaban J connectivity index is 1.88. The molecule has 1 heterocycles. The van der Waals surface area contributed by atoms with Crippen LogP contribution in [0.15, 0.2) is 48.5 Å². The molecule has 0 radical (unpaired) electrons. The molecule has 0 fully saturated rings. The van der Waals surface area contributed by atoms with Crippen molar-refractivity contribution in [1.29, 1.82) is 0 Å². The Labute approximate surface area is 141 Å². The SMILES string of the molecule is COCC(C)(O)CNC(=O)C1c2ccccc2Oc2ccccc21. The van der Waals surface area contributed by atoms with Crippen molar-refractivity contribution >= 4 is 5.91 Å². The van der Waals surface area contributed by atoms with Gasteiger partial charge < -0.3 is 19.9 Å². The van der Waals surface area contributed by atoms with Gasteiger partial charge in [-0.1, -0.05) is 36.4 Å². The number of hydrogen-bond donors (Lipinski definition) is 2. The molecule has 1 aliphatic rings. The fraction of sp³-hybridized carbons (Fsp3) is 0.316. The lowest BCUT2D eigenvalue weighted by atomic mass is 9.87. The second-order valence-corrected chi connectivity index (χ2v) is 6.26. The number of methoxy groups -OCH3 is 1. The number of benzene rings is 2. The van der Waals surface area contributed by atoms with Gasteiger partial charge in [0.2, 0.25) is 5.91 Å². The lowest BCUT2D eigenvalue weighted by Crippen LogP contribution is -2.45. The van der Waals surface area contributed by atoms with Gasteiger partial charge in [0.05, 0.1) is 12.5 Å². The van der Waals surface area contributed by atoms with Crippen molar-refractivity contribution in [2.75, 3.05) is 20.3 Å². The van der Waals surface area contributed by atoms with Crippen molar-refractivity contribution in [3.05, 3.63) is 59.7 Å². The number of carbonyl (C=O) groups is 1. The number of ether oxygens (including phenoxy) is 2. The van der Waals surface area contributed by atoms with E-state index in [1.54, 1.807) is 6.92 Å². The average molecular weight is 327 g/mol. The van der Waals surface area contributed by atoms with E-state index >= 15 is 0 Å². The molecular weight excluding hydrogens is 306 g/mol. The van der Waals surface area contributed by atoms with E-state index in [9.17, 15) is 9.90 Å². The minimum atomic E-state index is -1.12. The van der Waals surface area contributed by atoms with Crippen LogP contribution in [0, 0.1) is 0 Å². The number of hydrogen-bond acceptors (Lipinski definition) is 4. The van der Waals surface area contributed by atoms with E-state index in [0.29, 0.717) is 11.5 Å². The highest BCUT2D eigenvalue weighted by molar-refractivity contribution is 5.89. The first-order chi connectivity index (χ1) is 11.5. The van der Waals surface area contributed by atoms with Crippen molar-refractivity contribution in [2.24, 2.45) is 0 Å². The minimum absolute atomic E-state index is 0.112. The molecule has 24 heavy (non-hydrogen) atoms. The molecule has 126 valence electrons. The maximum Gasteiger partial charge on any atom is 0.232 e. The first-order valence-corrected chi connectivity index (χ1v) is 7.86. The Morgan fingerprint density at radius 1 is 1.17 bits per heavy atom. The van der Waals surface area contributed by atoms with Crippen molar-refractivity contribution in [2.45, 2.75) is 18.4 Å². The minimum Gasteiger partial charge on any atom is -0.457 e. The first kappa shape index (κ1) is 16.5. The standard InChI is InChI=1S/C19H21NO4/c1-19(22,12-23-2)11-20-18(21)17-13-7-3-5-9-15(13)24-16-10-6-4-8-14(16)17/h3-10,17,22H,11-12H2,1-2H3,(H,20,21). The summed E-state index contributed by atoms with van der Waals surface area (Å²) in [5, 5.41) is 13.0. The van der Waals surface area contributed by atoms with Gasteiger partial charge in [0.15, 0.2) is 0 Å². The Bertz CT molecular complexity index is 696. The molecule has 1 unspecified atom stereocenters. The molecule has 5 heteroatoms. The summed E-state index contributed by atoms with van der Waals surface area (Å²) < 4.78 is 10.9. The van der Waals surface area contributed by atoms with Crippen molar-refractivity contribution in [3.63, 3.8) is 0 Å². The molecule has 3 rings (SSSR count). The van der Waals surface area contributed by atoms with Crippen molar-refractivity contribution in [3.8, 4) is 11.5 Å². The third-order valence-corrected chi connectivity index (χ3v) is 4.04. The maximum atomic E-state index is 12.9. The topological polar surface area (TPSA) is 67.8 Å². The Hall–Kier alpha value is -2.37. The monoisotopic (exact) mass is 327 g/mol. The number of fused-ring (bicyclic) bond motifs is 2. The van der Waals surface area contributed by atoms with Crippen LogP contribution in [-0.2, 0) is 9.53 Å². The van der Waals surface area contributed by atoms with Crippen LogP contribution in [0.25, 0.3) is 0 Å². The van der Waals surface area contributed by atoms with Crippen LogP contribution < -0.4 is 10.1 Å². The predicted octanol–water partition coefficient (Wildman–Crippen LogP) is 2.44. The third kappa shape index (κ3) is 3.27. The van der Waals surface area contributed by atoms with Gasteiger partial charge in [-0.25, -0.2) is 0 Å². The van der Waals surface area contributed by atoms with E-state index in [-0.39, 0.29) is 19.1 Å². The van der Waals surface area contributed by atoms with E-state index in [1.807, 2.05) is 48.5 Å². The van der Waals surface area contributed by atoms with Gasteiger partial charge in [0.25, 0.3) is 0 Å². The lowest BCUT2D eigenvalue weighted by Gasteiger charge is -2.29. The van der Waals surface area contributed by atoms with Gasteiger partial charge >= 0.3 is 0 Å². The van der Waals surface area contributed by atoms with Gasteiger partial charge in [-0.15, -0.1) is 0 Å². The highest BCUT2D eigenvalue weighted by Crippen LogP contribution is 2.43. The summed E-state index contributed by atoms with van der Waals surface area (Å²) in [4.78, 5) is 12.9. The molecule has 0 aromatic heterocycles. The number of nitrogens with one attached hydrogen (secondary N) is 1. The molecule has 0 saturated heterocycles. The van der Waals surface area contributed by atoms with E-state index in [0.717, 1.165) is 11.1 Å². The van der Waals surface area contributed by atoms with Gasteiger partial charge in [0, 0.05) is 24.8 Å². The molecule has 0 saturated carbocycles. The fourth-order valence-corrected chi connectivity index (χ4v) is 2.93. The quantitative estimate of drug-likeness (QED) is 0.885. The van der Waals surface area contributed by atoms with E-state index in [2.05, 4.69) is 5.32 Å². The summed E-state index contributed by atoms with van der Waals surface area (Å²) in [5.74, 6) is 0.721. The predicted molar refractivity (Wildman–Crippen MR) is 90.3 cm³/mol. The number of carbonyl (C=O) groups excluding carboxylic acids is 1. The molecule has 0 bridgehead atoms. The smallest absolute Gasteiger partial charge is 0.232 e. The molecule has 0 spiro atoms. The number of rotatable bonds is 5. The van der Waals surface area contributed by atoms with Crippen LogP contribution in [0.5, 0.6) is 11.5 Å². The van der Waals surface area contributed by atoms with Gasteiger partial charge in [-0.3, -0.25) is 4.79 Å². The lowest BCUT2D eigenvalue weighted by molar-refractivity contribution is -0.123. The van der Waals surface area contributed by atoms with E-state index in [4.69, 9.17) is 9.47 Å². The zero-order chi connectivity index (χ0) is 17.2. The van der Waals surface area contributed by atoms with E-state index < -0.39 is 11.5 Å². The number of amides is 1. The Kier molecular flexibility index (Phi) is 4.55. The van der Waals surface area contributed by atoms with Crippen molar-refractivity contribution < 1.29 is 19.4 Å². The summed E-state index contributed by atoms with van der Waals surface area (Å²) in [6.45, 7) is 1.89. The van der Waals surface area contributed by atoms with E-state index in [1.165, 1.54) is 7.11 Å². The highest BCUT2D eigenvalue weighted by Gasteiger charge is 2.33. The van der Waals surface area contributed by atoms with Crippen LogP contribution in [0.2, 0.25) is 0 Å². The molecule has 2 aromatic carbocycles. The number of aliphatic hydroxyl groups is 1. The van der Waals surface area contributed by atoms with Crippen LogP contribution in [-0.4, -0.2) is 36.9 Å². The Morgan fingerprint density at radius 3 is 2.25 bits per heavy atom. The molecule has 2 N–H and O–H groups in total. The van der Waals surface area contributed by atoms with Crippen molar-refractivity contribution in [1.82, 2.24) is 5.32 Å². The highest BCUT2D eigenvalue weighted by atomic mass is 16.5. The summed E-state index contributed by atoms with van der Waals surface area (Å²) >= 11 is 0. The van der Waals surface area contributed by atoms with Crippen LogP contribution in [0.1, 0.15) is 24.0 Å². The largest absolute Gasteiger partial charge is 0.457 e. The summed E-state index contributed by atoms with van der Waals surface area (Å²) in [5.41, 5.74) is 0.523. The molecule has 1 atom stereocenters. The third-order valence-electron chi connectivity index (χ3n) is 4.04. The zero-order valence-electron chi connectivity index (χ0n) is 13.8. The number of para-hydroxylation sites is 2. The van der Waals surface area contributed by atoms with Gasteiger partial charge in [0.1, 0.15) is 17.1 Å². The summed E-state index contributed by atoms with van der Waals surface area (Å²) in [7, 11) is 1.52. The van der Waals surface area contributed by atoms with Gasteiger partial charge in [-0.2, -0.15) is 0 Å². The molecule has 2 aromatic rings. The second-order valence-electron chi connectivity index (χ2n) is 6.26. The normalized spacial score (nSPS) is 15.6. The average Bonchev–Trinajstić information content (AvgIpc) is 2.57. The molecule has 0 aliphatic carbocycles. The maximum absolute atomic E-state index is 12.9. The zero-order valence-corrected chi connectivity index (χ0v) is 13.8. The van der Waals surface area contributed by atoms with Crippen LogP contribution in [0.3, 0.4) is 0 Å². The Morgan fingerprint density at radius 2 is 1.71 bits per heavy atom. The molecule has 1 aliphatic heterocycles. The fourth-order valence-electron chi connectivity index (χ4n) is 2.93. The molecule has 5 nitrogen and oxygen atoms in total. The van der Waals surface area contributed by atoms with Crippen LogP contribution in [0.4, 0.5) is 0 Å². The molecular formula is C19H21NO4. The second kappa shape index (κ2) is 6.63. The first-order valence-electron chi connectivity index (χ1n) is 7.86. The summed E-state index contributed by atoms with van der Waals surface area (Å²) in [6.07, 6.45) is 0. The summed E-state index contributed by atoms with van der Waals surface area (Å²) in [6, 6.07) is 15.0. The van der Waals surface area contributed by atoms with Gasteiger partial charge in [-0.05, 0) is 19.1 Å². The molecule has 1 amide bonds.